The lowest BCUT2D eigenvalue weighted by Gasteiger charge is -2.12. The number of benzene rings is 2. The molecule has 3 rings (SSSR count). The molecule has 13 nitrogen and oxygen atoms in total. The van der Waals surface area contributed by atoms with Gasteiger partial charge in [0.25, 0.3) is 5.91 Å². The molecule has 0 atom stereocenters. The monoisotopic (exact) mass is 540 g/mol. The number of rotatable bonds is 18. The van der Waals surface area contributed by atoms with Crippen molar-refractivity contribution in [1.29, 1.82) is 0 Å². The molecule has 1 aromatic heterocycles. The summed E-state index contributed by atoms with van der Waals surface area (Å²) < 4.78 is 15.9. The Morgan fingerprint density at radius 3 is 2.41 bits per heavy atom. The van der Waals surface area contributed by atoms with Crippen LogP contribution in [-0.4, -0.2) is 85.7 Å². The summed E-state index contributed by atoms with van der Waals surface area (Å²) in [6.07, 6.45) is 0. The summed E-state index contributed by atoms with van der Waals surface area (Å²) in [6, 6.07) is 14.6. The van der Waals surface area contributed by atoms with Gasteiger partial charge in [-0.2, -0.15) is 15.0 Å². The number of hydrogen-bond donors (Lipinski definition) is 6. The Hall–Kier alpha value is -4.04. The zero-order valence-electron chi connectivity index (χ0n) is 22.0. The fraction of sp³-hybridized carbons (Fsp3) is 0.385. The number of nitrogens with one attached hydrogen (secondary N) is 4. The van der Waals surface area contributed by atoms with Crippen LogP contribution in [0.15, 0.2) is 48.5 Å². The number of hydrogen-bond acceptors (Lipinski definition) is 12. The van der Waals surface area contributed by atoms with Crippen molar-refractivity contribution >= 4 is 29.4 Å². The van der Waals surface area contributed by atoms with Crippen molar-refractivity contribution in [3.63, 3.8) is 0 Å². The molecule has 0 radical (unpaired) electrons. The molecule has 0 saturated carbocycles. The van der Waals surface area contributed by atoms with Gasteiger partial charge >= 0.3 is 0 Å². The van der Waals surface area contributed by atoms with Crippen LogP contribution < -0.4 is 31.7 Å². The number of nitrogens with two attached hydrogens (primary N) is 1. The third kappa shape index (κ3) is 10.7. The van der Waals surface area contributed by atoms with E-state index in [0.717, 1.165) is 11.3 Å². The van der Waals surface area contributed by atoms with E-state index in [2.05, 4.69) is 36.2 Å². The minimum atomic E-state index is -0.233. The number of anilines is 4. The SMILES string of the molecule is COc1cccc(CNc2nc(NCCO)nc(Nc3cccc(C(=O)NCCOCCOCCN)c3)n2)c1. The van der Waals surface area contributed by atoms with E-state index >= 15 is 0 Å². The zero-order valence-corrected chi connectivity index (χ0v) is 22.0. The average Bonchev–Trinajstić information content (AvgIpc) is 2.96. The van der Waals surface area contributed by atoms with Gasteiger partial charge in [-0.05, 0) is 35.9 Å². The Labute approximate surface area is 227 Å². The van der Waals surface area contributed by atoms with Crippen molar-refractivity contribution < 1.29 is 24.1 Å². The van der Waals surface area contributed by atoms with Crippen molar-refractivity contribution in [2.75, 3.05) is 75.7 Å². The number of carbonyl (C=O) groups is 1. The average molecular weight is 541 g/mol. The summed E-state index contributed by atoms with van der Waals surface area (Å²) in [5, 5.41) is 21.3. The zero-order chi connectivity index (χ0) is 27.7. The third-order valence-corrected chi connectivity index (χ3v) is 5.16. The van der Waals surface area contributed by atoms with Crippen LogP contribution in [0, 0.1) is 0 Å². The first kappa shape index (κ1) is 29.5. The molecule has 13 heteroatoms. The second kappa shape index (κ2) is 16.7. The summed E-state index contributed by atoms with van der Waals surface area (Å²) in [5.74, 6) is 1.40. The molecular weight excluding hydrogens is 504 g/mol. The molecule has 210 valence electrons. The van der Waals surface area contributed by atoms with E-state index in [0.29, 0.717) is 63.3 Å². The van der Waals surface area contributed by atoms with E-state index in [1.807, 2.05) is 24.3 Å². The number of aliphatic hydroxyl groups is 1. The number of carbonyl (C=O) groups excluding carboxylic acids is 1. The fourth-order valence-corrected chi connectivity index (χ4v) is 3.33. The maximum Gasteiger partial charge on any atom is 0.251 e. The summed E-state index contributed by atoms with van der Waals surface area (Å²) in [7, 11) is 1.62. The van der Waals surface area contributed by atoms with Gasteiger partial charge in [0.15, 0.2) is 0 Å². The van der Waals surface area contributed by atoms with Crippen LogP contribution in [0.3, 0.4) is 0 Å². The molecule has 0 aliphatic heterocycles. The van der Waals surface area contributed by atoms with Crippen LogP contribution in [0.25, 0.3) is 0 Å². The van der Waals surface area contributed by atoms with Gasteiger partial charge in [-0.3, -0.25) is 4.79 Å². The first-order valence-electron chi connectivity index (χ1n) is 12.6. The Morgan fingerprint density at radius 1 is 0.897 bits per heavy atom. The van der Waals surface area contributed by atoms with Crippen molar-refractivity contribution in [1.82, 2.24) is 20.3 Å². The van der Waals surface area contributed by atoms with E-state index in [-0.39, 0.29) is 31.0 Å². The molecular formula is C26H36N8O5. The lowest BCUT2D eigenvalue weighted by Crippen LogP contribution is -2.27. The van der Waals surface area contributed by atoms with Crippen LogP contribution >= 0.6 is 0 Å². The van der Waals surface area contributed by atoms with Gasteiger partial charge in [-0.25, -0.2) is 0 Å². The van der Waals surface area contributed by atoms with Gasteiger partial charge in [-0.15, -0.1) is 0 Å². The Bertz CT molecular complexity index is 1170. The normalized spacial score (nSPS) is 10.6. The fourth-order valence-electron chi connectivity index (χ4n) is 3.33. The summed E-state index contributed by atoms with van der Waals surface area (Å²) in [6.45, 7) is 3.26. The molecule has 1 amide bonds. The molecule has 0 saturated heterocycles. The van der Waals surface area contributed by atoms with Gasteiger partial charge in [0, 0.05) is 37.4 Å². The van der Waals surface area contributed by atoms with E-state index in [1.165, 1.54) is 0 Å². The van der Waals surface area contributed by atoms with Crippen LogP contribution in [-0.2, 0) is 16.0 Å². The molecule has 0 aliphatic rings. The van der Waals surface area contributed by atoms with E-state index in [9.17, 15) is 9.90 Å². The highest BCUT2D eigenvalue weighted by atomic mass is 16.5. The molecule has 39 heavy (non-hydrogen) atoms. The van der Waals surface area contributed by atoms with Crippen LogP contribution in [0.4, 0.5) is 23.5 Å². The van der Waals surface area contributed by atoms with Crippen molar-refractivity contribution in [2.24, 2.45) is 5.73 Å². The molecule has 0 unspecified atom stereocenters. The van der Waals surface area contributed by atoms with Gasteiger partial charge in [-0.1, -0.05) is 18.2 Å². The highest BCUT2D eigenvalue weighted by molar-refractivity contribution is 5.95. The molecule has 0 fully saturated rings. The predicted molar refractivity (Wildman–Crippen MR) is 148 cm³/mol. The molecule has 3 aromatic rings. The molecule has 1 heterocycles. The quantitative estimate of drug-likeness (QED) is 0.128. The standard InChI is InChI=1S/C26H36N8O5/c1-37-22-7-2-4-19(16-22)18-30-25-32-24(29-9-11-35)33-26(34-25)31-21-6-3-5-20(17-21)23(36)28-10-13-39-15-14-38-12-8-27/h2-7,16-17,35H,8-15,18,27H2,1H3,(H,28,36)(H3,29,30,31,32,33,34). The lowest BCUT2D eigenvalue weighted by atomic mass is 10.2. The maximum absolute atomic E-state index is 12.6. The number of amides is 1. The number of ether oxygens (including phenoxy) is 3. The minimum absolute atomic E-state index is 0.0781. The largest absolute Gasteiger partial charge is 0.497 e. The molecule has 2 aromatic carbocycles. The summed E-state index contributed by atoms with van der Waals surface area (Å²) >= 11 is 0. The van der Waals surface area contributed by atoms with Crippen molar-refractivity contribution in [3.05, 3.63) is 59.7 Å². The van der Waals surface area contributed by atoms with E-state index in [4.69, 9.17) is 19.9 Å². The second-order valence-electron chi connectivity index (χ2n) is 8.14. The highest BCUT2D eigenvalue weighted by Crippen LogP contribution is 2.18. The van der Waals surface area contributed by atoms with Crippen LogP contribution in [0.2, 0.25) is 0 Å². The first-order valence-corrected chi connectivity index (χ1v) is 12.6. The number of nitrogens with zero attached hydrogens (tertiary/aromatic N) is 3. The number of methoxy groups -OCH3 is 1. The van der Waals surface area contributed by atoms with Gasteiger partial charge < -0.3 is 46.3 Å². The molecule has 0 aliphatic carbocycles. The second-order valence-corrected chi connectivity index (χ2v) is 8.14. The first-order chi connectivity index (χ1) is 19.1. The van der Waals surface area contributed by atoms with E-state index in [1.54, 1.807) is 31.4 Å². The molecule has 7 N–H and O–H groups in total. The minimum Gasteiger partial charge on any atom is -0.497 e. The predicted octanol–water partition coefficient (Wildman–Crippen LogP) is 1.36. The Morgan fingerprint density at radius 2 is 1.64 bits per heavy atom. The highest BCUT2D eigenvalue weighted by Gasteiger charge is 2.10. The van der Waals surface area contributed by atoms with Crippen molar-refractivity contribution in [2.45, 2.75) is 6.54 Å². The third-order valence-electron chi connectivity index (χ3n) is 5.16. The Balaban J connectivity index is 1.60. The summed E-state index contributed by atoms with van der Waals surface area (Å²) in [5.41, 5.74) is 7.43. The van der Waals surface area contributed by atoms with Gasteiger partial charge in [0.05, 0.1) is 40.1 Å². The van der Waals surface area contributed by atoms with Gasteiger partial charge in [0.2, 0.25) is 17.8 Å². The number of aliphatic hydroxyl groups excluding tert-OH is 1. The maximum atomic E-state index is 12.6. The van der Waals surface area contributed by atoms with Crippen LogP contribution in [0.5, 0.6) is 5.75 Å². The smallest absolute Gasteiger partial charge is 0.251 e. The van der Waals surface area contributed by atoms with Gasteiger partial charge in [0.1, 0.15) is 5.75 Å². The topological polar surface area (TPSA) is 178 Å². The Kier molecular flexibility index (Phi) is 12.7. The lowest BCUT2D eigenvalue weighted by molar-refractivity contribution is 0.0511. The molecule has 0 spiro atoms. The van der Waals surface area contributed by atoms with E-state index < -0.39 is 0 Å². The summed E-state index contributed by atoms with van der Waals surface area (Å²) in [4.78, 5) is 25.8. The molecule has 0 bridgehead atoms. The number of aromatic nitrogens is 3. The van der Waals surface area contributed by atoms with Crippen LogP contribution in [0.1, 0.15) is 15.9 Å². The van der Waals surface area contributed by atoms with Crippen molar-refractivity contribution in [3.8, 4) is 5.75 Å².